The van der Waals surface area contributed by atoms with Crippen LogP contribution in [0, 0.1) is 0 Å². The van der Waals surface area contributed by atoms with E-state index in [1.807, 2.05) is 42.5 Å². The second kappa shape index (κ2) is 12.8. The first-order chi connectivity index (χ1) is 21.0. The minimum atomic E-state index is -0.901. The maximum absolute atomic E-state index is 13.5. The number of anilines is 1. The molecule has 0 bridgehead atoms. The van der Waals surface area contributed by atoms with E-state index in [0.717, 1.165) is 18.2 Å². The van der Waals surface area contributed by atoms with E-state index in [2.05, 4.69) is 46.4 Å². The highest BCUT2D eigenvalue weighted by molar-refractivity contribution is 8.00. The lowest BCUT2D eigenvalue weighted by Gasteiger charge is -2.22. The average Bonchev–Trinajstić information content (AvgIpc) is 3.62. The van der Waals surface area contributed by atoms with E-state index in [0.29, 0.717) is 33.6 Å². The summed E-state index contributed by atoms with van der Waals surface area (Å²) in [7, 11) is 0. The largest absolute Gasteiger partial charge is 0.507 e. The van der Waals surface area contributed by atoms with Gasteiger partial charge < -0.3 is 9.84 Å². The Morgan fingerprint density at radius 3 is 2.53 bits per heavy atom. The van der Waals surface area contributed by atoms with Crippen LogP contribution in [-0.4, -0.2) is 38.6 Å². The van der Waals surface area contributed by atoms with Crippen molar-refractivity contribution < 1.29 is 19.4 Å². The minimum absolute atomic E-state index is 0.0176. The number of amides is 1. The van der Waals surface area contributed by atoms with Gasteiger partial charge in [0.25, 0.3) is 5.78 Å². The van der Waals surface area contributed by atoms with Crippen molar-refractivity contribution in [2.45, 2.75) is 35.9 Å². The first kappa shape index (κ1) is 28.6. The molecule has 8 nitrogen and oxygen atoms in total. The van der Waals surface area contributed by atoms with Crippen LogP contribution in [-0.2, 0) is 15.3 Å². The van der Waals surface area contributed by atoms with Crippen LogP contribution in [0.2, 0.25) is 0 Å². The van der Waals surface area contributed by atoms with Crippen LogP contribution >= 0.6 is 23.1 Å². The first-order valence-electron chi connectivity index (χ1n) is 13.9. The molecule has 1 amide bonds. The maximum Gasteiger partial charge on any atom is 0.301 e. The van der Waals surface area contributed by atoms with Gasteiger partial charge in [-0.2, -0.15) is 0 Å². The van der Waals surface area contributed by atoms with Crippen molar-refractivity contribution in [1.29, 1.82) is 0 Å². The monoisotopic (exact) mass is 608 g/mol. The molecule has 3 aromatic carbocycles. The third-order valence-electron chi connectivity index (χ3n) is 7.19. The fourth-order valence-corrected chi connectivity index (χ4v) is 6.88. The predicted molar refractivity (Wildman–Crippen MR) is 169 cm³/mol. The zero-order valence-corrected chi connectivity index (χ0v) is 25.0. The molecule has 0 aliphatic carbocycles. The van der Waals surface area contributed by atoms with E-state index in [4.69, 9.17) is 4.74 Å². The number of fused-ring (bicyclic) bond motifs is 1. The molecule has 3 heterocycles. The molecule has 5 aromatic rings. The Balaban J connectivity index is 1.33. The fraction of sp³-hybridized carbons (Fsp3) is 0.182. The van der Waals surface area contributed by atoms with Gasteiger partial charge in [0, 0.05) is 23.7 Å². The van der Waals surface area contributed by atoms with Crippen molar-refractivity contribution in [1.82, 2.24) is 15.2 Å². The van der Waals surface area contributed by atoms with Crippen LogP contribution < -0.4 is 9.64 Å². The number of hydrogen-bond donors (Lipinski definition) is 1. The van der Waals surface area contributed by atoms with E-state index >= 15 is 0 Å². The van der Waals surface area contributed by atoms with Gasteiger partial charge in [-0.25, -0.2) is 0 Å². The number of pyridine rings is 1. The minimum Gasteiger partial charge on any atom is -0.507 e. The molecule has 1 N–H and O–H groups in total. The molecule has 6 rings (SSSR count). The van der Waals surface area contributed by atoms with Crippen molar-refractivity contribution in [2.24, 2.45) is 0 Å². The summed E-state index contributed by atoms with van der Waals surface area (Å²) in [6.45, 7) is 2.69. The summed E-state index contributed by atoms with van der Waals surface area (Å²) >= 11 is 2.76. The lowest BCUT2D eigenvalue weighted by atomic mass is 9.95. The molecule has 2 aromatic heterocycles. The van der Waals surface area contributed by atoms with E-state index in [9.17, 15) is 14.7 Å². The third kappa shape index (κ3) is 5.89. The van der Waals surface area contributed by atoms with E-state index in [-0.39, 0.29) is 16.5 Å². The van der Waals surface area contributed by atoms with Gasteiger partial charge in [-0.15, -0.1) is 10.2 Å². The summed E-state index contributed by atoms with van der Waals surface area (Å²) in [4.78, 5) is 32.3. The number of ether oxygens (including phenoxy) is 1. The number of ketones is 1. The maximum atomic E-state index is 13.5. The summed E-state index contributed by atoms with van der Waals surface area (Å²) in [5.41, 5.74) is 2.17. The molecule has 1 unspecified atom stereocenters. The molecular formula is C33H28N4O4S2. The lowest BCUT2D eigenvalue weighted by Crippen LogP contribution is -2.29. The van der Waals surface area contributed by atoms with E-state index in [1.165, 1.54) is 51.3 Å². The number of unbranched alkanes of at least 4 members (excludes halogenated alkanes) is 1. The SMILES string of the molecule is CCCCOc1ccc(C2C(=C(O)c3ccncc3)C(=O)C(=O)N2c2nnc(SCc3cccc4ccccc34)s2)cc1. The van der Waals surface area contributed by atoms with Gasteiger partial charge >= 0.3 is 5.91 Å². The molecule has 43 heavy (non-hydrogen) atoms. The van der Waals surface area contributed by atoms with Crippen molar-refractivity contribution in [3.63, 3.8) is 0 Å². The highest BCUT2D eigenvalue weighted by Crippen LogP contribution is 2.44. The highest BCUT2D eigenvalue weighted by Gasteiger charge is 2.48. The molecular weight excluding hydrogens is 581 g/mol. The van der Waals surface area contributed by atoms with E-state index < -0.39 is 17.7 Å². The second-order valence-electron chi connectivity index (χ2n) is 9.95. The number of rotatable bonds is 10. The van der Waals surface area contributed by atoms with Crippen molar-refractivity contribution in [3.05, 3.63) is 114 Å². The lowest BCUT2D eigenvalue weighted by molar-refractivity contribution is -0.132. The average molecular weight is 609 g/mol. The predicted octanol–water partition coefficient (Wildman–Crippen LogP) is 7.18. The fourth-order valence-electron chi connectivity index (χ4n) is 5.01. The standard InChI is InChI=1S/C33H28N4O4S2/c1-2-3-19-41-25-13-11-22(12-14-25)28-27(29(38)23-15-17-34-18-16-23)30(39)31(40)37(28)32-35-36-33(43-32)42-20-24-9-6-8-21-7-4-5-10-26(21)24/h4-18,28,38H,2-3,19-20H2,1H3. The van der Waals surface area contributed by atoms with Gasteiger partial charge in [0.2, 0.25) is 5.13 Å². The van der Waals surface area contributed by atoms with Crippen LogP contribution in [0.15, 0.2) is 101 Å². The summed E-state index contributed by atoms with van der Waals surface area (Å²) < 4.78 is 6.48. The van der Waals surface area contributed by atoms with Gasteiger partial charge in [0.15, 0.2) is 4.34 Å². The molecule has 0 saturated carbocycles. The van der Waals surface area contributed by atoms with Gasteiger partial charge in [-0.05, 0) is 52.6 Å². The summed E-state index contributed by atoms with van der Waals surface area (Å²) in [5, 5.41) is 22.6. The number of nitrogens with zero attached hydrogens (tertiary/aromatic N) is 4. The Bertz CT molecular complexity index is 1800. The molecule has 1 aliphatic rings. The molecule has 216 valence electrons. The third-order valence-corrected chi connectivity index (χ3v) is 9.30. The number of benzene rings is 3. The van der Waals surface area contributed by atoms with Gasteiger partial charge in [0.05, 0.1) is 18.2 Å². The number of thioether (sulfide) groups is 1. The van der Waals surface area contributed by atoms with Crippen molar-refractivity contribution >= 4 is 56.5 Å². The number of hydrogen-bond acceptors (Lipinski definition) is 9. The topological polar surface area (TPSA) is 106 Å². The van der Waals surface area contributed by atoms with Crippen LogP contribution in [0.5, 0.6) is 5.75 Å². The zero-order valence-electron chi connectivity index (χ0n) is 23.3. The smallest absolute Gasteiger partial charge is 0.301 e. The van der Waals surface area contributed by atoms with Crippen LogP contribution in [0.3, 0.4) is 0 Å². The number of Topliss-reactive ketones (excluding diaryl/α,β-unsaturated/α-hetero) is 1. The molecule has 1 aliphatic heterocycles. The van der Waals surface area contributed by atoms with Crippen LogP contribution in [0.4, 0.5) is 5.13 Å². The van der Waals surface area contributed by atoms with Gasteiger partial charge in [0.1, 0.15) is 11.5 Å². The number of aliphatic hydroxyl groups is 1. The molecule has 1 saturated heterocycles. The number of aliphatic hydroxyl groups excluding tert-OH is 1. The Hall–Kier alpha value is -4.54. The molecule has 10 heteroatoms. The number of aromatic nitrogens is 3. The molecule has 1 atom stereocenters. The first-order valence-corrected chi connectivity index (χ1v) is 15.7. The quantitative estimate of drug-likeness (QED) is 0.0444. The Kier molecular flexibility index (Phi) is 8.48. The molecule has 1 fully saturated rings. The molecule has 0 spiro atoms. The number of carbonyl (C=O) groups excluding carboxylic acids is 2. The Labute approximate surface area is 257 Å². The van der Waals surface area contributed by atoms with Crippen LogP contribution in [0.25, 0.3) is 16.5 Å². The normalized spacial score (nSPS) is 16.2. The highest BCUT2D eigenvalue weighted by atomic mass is 32.2. The summed E-state index contributed by atoms with van der Waals surface area (Å²) in [6, 6.07) is 23.9. The van der Waals surface area contributed by atoms with Gasteiger partial charge in [-0.3, -0.25) is 19.5 Å². The molecule has 0 radical (unpaired) electrons. The summed E-state index contributed by atoms with van der Waals surface area (Å²) in [5.74, 6) is -0.481. The Morgan fingerprint density at radius 1 is 0.977 bits per heavy atom. The second-order valence-corrected chi connectivity index (χ2v) is 12.1. The van der Waals surface area contributed by atoms with Crippen molar-refractivity contribution in [2.75, 3.05) is 11.5 Å². The van der Waals surface area contributed by atoms with Crippen LogP contribution in [0.1, 0.15) is 42.5 Å². The zero-order chi connectivity index (χ0) is 29.8. The number of carbonyl (C=O) groups is 2. The van der Waals surface area contributed by atoms with Gasteiger partial charge in [-0.1, -0.05) is 91.0 Å². The summed E-state index contributed by atoms with van der Waals surface area (Å²) in [6.07, 6.45) is 5.00. The van der Waals surface area contributed by atoms with Crippen molar-refractivity contribution in [3.8, 4) is 5.75 Å². The Morgan fingerprint density at radius 2 is 1.74 bits per heavy atom. The van der Waals surface area contributed by atoms with E-state index in [1.54, 1.807) is 12.1 Å².